The molecule has 0 amide bonds. The van der Waals surface area contributed by atoms with Gasteiger partial charge in [0.15, 0.2) is 0 Å². The van der Waals surface area contributed by atoms with Crippen molar-refractivity contribution in [3.05, 3.63) is 68.8 Å². The van der Waals surface area contributed by atoms with Gasteiger partial charge >= 0.3 is 0 Å². The van der Waals surface area contributed by atoms with Crippen LogP contribution in [0, 0.1) is 15.4 Å². The maximum Gasteiger partial charge on any atom is 0.0249 e. The summed E-state index contributed by atoms with van der Waals surface area (Å²) in [6, 6.07) is 18.5. The van der Waals surface area contributed by atoms with Crippen molar-refractivity contribution >= 4 is 22.6 Å². The lowest BCUT2D eigenvalue weighted by Gasteiger charge is -2.55. The predicted molar refractivity (Wildman–Crippen MR) is 98.2 cm³/mol. The van der Waals surface area contributed by atoms with Gasteiger partial charge in [-0.25, -0.2) is 0 Å². The summed E-state index contributed by atoms with van der Waals surface area (Å²) < 4.78 is 1.38. The molecule has 4 aliphatic rings. The summed E-state index contributed by atoms with van der Waals surface area (Å²) in [4.78, 5) is 0. The van der Waals surface area contributed by atoms with Crippen LogP contribution in [0.4, 0.5) is 0 Å². The molecule has 1 aliphatic heterocycles. The lowest BCUT2D eigenvalue weighted by molar-refractivity contribution is 0.136. The molecule has 4 atom stereocenters. The number of rotatable bonds is 1. The van der Waals surface area contributed by atoms with Crippen LogP contribution in [0.3, 0.4) is 0 Å². The van der Waals surface area contributed by atoms with Gasteiger partial charge in [0.1, 0.15) is 0 Å². The van der Waals surface area contributed by atoms with Gasteiger partial charge in [0, 0.05) is 8.99 Å². The van der Waals surface area contributed by atoms with Gasteiger partial charge in [-0.3, -0.25) is 0 Å². The van der Waals surface area contributed by atoms with Gasteiger partial charge in [-0.1, -0.05) is 36.4 Å². The van der Waals surface area contributed by atoms with E-state index in [0.29, 0.717) is 0 Å². The fourth-order valence-corrected chi connectivity index (χ4v) is 6.14. The zero-order valence-corrected chi connectivity index (χ0v) is 14.7. The number of halogens is 1. The van der Waals surface area contributed by atoms with Gasteiger partial charge < -0.3 is 5.32 Å². The molecule has 4 unspecified atom stereocenters. The molecule has 112 valence electrons. The van der Waals surface area contributed by atoms with E-state index in [1.54, 1.807) is 11.1 Å². The molecule has 2 bridgehead atoms. The third-order valence-corrected chi connectivity index (χ3v) is 7.12. The molecule has 1 nitrogen and oxygen atoms in total. The van der Waals surface area contributed by atoms with Gasteiger partial charge in [-0.2, -0.15) is 0 Å². The molecule has 1 heterocycles. The largest absolute Gasteiger partial charge is 0.316 e. The zero-order chi connectivity index (χ0) is 14.7. The second kappa shape index (κ2) is 4.81. The Kier molecular flexibility index (Phi) is 2.97. The zero-order valence-electron chi connectivity index (χ0n) is 12.6. The van der Waals surface area contributed by atoms with Crippen LogP contribution in [-0.4, -0.2) is 13.1 Å². The maximum absolute atomic E-state index is 3.71. The summed E-state index contributed by atoms with van der Waals surface area (Å²) >= 11 is 2.48. The molecule has 0 radical (unpaired) electrons. The molecule has 1 saturated carbocycles. The summed E-state index contributed by atoms with van der Waals surface area (Å²) in [6.45, 7) is 2.39. The van der Waals surface area contributed by atoms with Crippen LogP contribution in [0.15, 0.2) is 48.5 Å². The van der Waals surface area contributed by atoms with E-state index < -0.39 is 0 Å². The first-order chi connectivity index (χ1) is 10.8. The molecule has 22 heavy (non-hydrogen) atoms. The fourth-order valence-electron chi connectivity index (χ4n) is 5.65. The lowest BCUT2D eigenvalue weighted by Crippen LogP contribution is -2.51. The molecule has 0 spiro atoms. The first kappa shape index (κ1) is 13.6. The third-order valence-electron chi connectivity index (χ3n) is 6.44. The Bertz CT molecular complexity index is 726. The molecule has 2 aromatic carbocycles. The van der Waals surface area contributed by atoms with Crippen molar-refractivity contribution in [3.63, 3.8) is 0 Å². The van der Waals surface area contributed by atoms with Crippen LogP contribution in [0.5, 0.6) is 0 Å². The SMILES string of the molecule is Ic1ccc2c(c1)C1(c3ccccc3)CCC2C2CNCC21. The van der Waals surface area contributed by atoms with Crippen molar-refractivity contribution in [2.75, 3.05) is 13.1 Å². The standard InChI is InChI=1S/C20H20IN/c21-14-6-7-16-15-8-9-20(18(16)10-14,13-4-2-1-3-5-13)19-12-22-11-17(15)19/h1-7,10,15,17,19,22H,8-9,11-12H2. The molecule has 2 fully saturated rings. The number of hydrogen-bond donors (Lipinski definition) is 1. The highest BCUT2D eigenvalue weighted by atomic mass is 127. The highest BCUT2D eigenvalue weighted by Crippen LogP contribution is 2.62. The Morgan fingerprint density at radius 3 is 2.77 bits per heavy atom. The van der Waals surface area contributed by atoms with E-state index in [-0.39, 0.29) is 5.41 Å². The van der Waals surface area contributed by atoms with Crippen molar-refractivity contribution in [3.8, 4) is 0 Å². The van der Waals surface area contributed by atoms with Crippen LogP contribution in [0.25, 0.3) is 0 Å². The Hall–Kier alpha value is -0.870. The van der Waals surface area contributed by atoms with Gasteiger partial charge in [0.2, 0.25) is 0 Å². The van der Waals surface area contributed by atoms with Gasteiger partial charge in [0.05, 0.1) is 0 Å². The average molecular weight is 401 g/mol. The van der Waals surface area contributed by atoms with Crippen LogP contribution < -0.4 is 5.32 Å². The highest BCUT2D eigenvalue weighted by Gasteiger charge is 2.57. The van der Waals surface area contributed by atoms with Crippen LogP contribution in [0.1, 0.15) is 35.4 Å². The van der Waals surface area contributed by atoms with Gasteiger partial charge in [-0.15, -0.1) is 0 Å². The van der Waals surface area contributed by atoms with Crippen LogP contribution >= 0.6 is 22.6 Å². The maximum atomic E-state index is 3.71. The minimum absolute atomic E-state index is 0.237. The second-order valence-electron chi connectivity index (χ2n) is 7.14. The number of hydrogen-bond acceptors (Lipinski definition) is 1. The smallest absolute Gasteiger partial charge is 0.0249 e. The van der Waals surface area contributed by atoms with Crippen LogP contribution in [0.2, 0.25) is 0 Å². The van der Waals surface area contributed by atoms with Crippen molar-refractivity contribution in [2.45, 2.75) is 24.2 Å². The monoisotopic (exact) mass is 401 g/mol. The van der Waals surface area contributed by atoms with E-state index in [4.69, 9.17) is 0 Å². The molecular weight excluding hydrogens is 381 g/mol. The average Bonchev–Trinajstić information content (AvgIpc) is 3.07. The molecule has 2 aromatic rings. The summed E-state index contributed by atoms with van der Waals surface area (Å²) in [5, 5.41) is 3.71. The molecule has 1 N–H and O–H groups in total. The van der Waals surface area contributed by atoms with Crippen molar-refractivity contribution in [1.82, 2.24) is 5.32 Å². The Balaban J connectivity index is 1.83. The van der Waals surface area contributed by atoms with E-state index in [0.717, 1.165) is 17.8 Å². The molecule has 3 aliphatic carbocycles. The third kappa shape index (κ3) is 1.63. The summed E-state index contributed by atoms with van der Waals surface area (Å²) in [7, 11) is 0. The van der Waals surface area contributed by atoms with E-state index in [1.807, 2.05) is 0 Å². The normalized spacial score (nSPS) is 35.2. The summed E-state index contributed by atoms with van der Waals surface area (Å²) in [6.07, 6.45) is 2.67. The fraction of sp³-hybridized carbons (Fsp3) is 0.400. The topological polar surface area (TPSA) is 12.0 Å². The second-order valence-corrected chi connectivity index (χ2v) is 8.39. The van der Waals surface area contributed by atoms with E-state index >= 15 is 0 Å². The minimum atomic E-state index is 0.237. The summed E-state index contributed by atoms with van der Waals surface area (Å²) in [5.41, 5.74) is 5.04. The summed E-state index contributed by atoms with van der Waals surface area (Å²) in [5.74, 6) is 2.36. The van der Waals surface area contributed by atoms with Crippen molar-refractivity contribution in [1.29, 1.82) is 0 Å². The van der Waals surface area contributed by atoms with E-state index in [9.17, 15) is 0 Å². The molecule has 0 aromatic heterocycles. The molecule has 6 rings (SSSR count). The molecular formula is C20H20IN. The molecule has 2 heteroatoms. The van der Waals surface area contributed by atoms with Gasteiger partial charge in [0.25, 0.3) is 0 Å². The minimum Gasteiger partial charge on any atom is -0.316 e. The van der Waals surface area contributed by atoms with E-state index in [2.05, 4.69) is 76.4 Å². The van der Waals surface area contributed by atoms with Crippen molar-refractivity contribution in [2.24, 2.45) is 11.8 Å². The number of benzene rings is 2. The number of nitrogens with one attached hydrogen (secondary N) is 1. The Morgan fingerprint density at radius 2 is 1.91 bits per heavy atom. The lowest BCUT2D eigenvalue weighted by atomic mass is 9.47. The quantitative estimate of drug-likeness (QED) is 0.703. The molecule has 1 saturated heterocycles. The Labute approximate surface area is 145 Å². The first-order valence-corrected chi connectivity index (χ1v) is 9.45. The Morgan fingerprint density at radius 1 is 1.05 bits per heavy atom. The van der Waals surface area contributed by atoms with Gasteiger partial charge in [-0.05, 0) is 95.1 Å². The highest BCUT2D eigenvalue weighted by molar-refractivity contribution is 14.1. The predicted octanol–water partition coefficient (Wildman–Crippen LogP) is 4.30. The van der Waals surface area contributed by atoms with Crippen LogP contribution in [-0.2, 0) is 5.41 Å². The number of fused-ring (bicyclic) bond motifs is 1. The van der Waals surface area contributed by atoms with Crippen molar-refractivity contribution < 1.29 is 0 Å². The first-order valence-electron chi connectivity index (χ1n) is 8.37. The van der Waals surface area contributed by atoms with E-state index in [1.165, 1.54) is 35.1 Å².